The van der Waals surface area contributed by atoms with Crippen LogP contribution in [0.3, 0.4) is 0 Å². The van der Waals surface area contributed by atoms with Crippen LogP contribution in [0.15, 0.2) is 4.34 Å². The van der Waals surface area contributed by atoms with Crippen molar-refractivity contribution < 1.29 is 5.11 Å². The van der Waals surface area contributed by atoms with E-state index in [2.05, 4.69) is 36.3 Å². The van der Waals surface area contributed by atoms with Crippen LogP contribution in [0.2, 0.25) is 0 Å². The van der Waals surface area contributed by atoms with Gasteiger partial charge in [-0.3, -0.25) is 0 Å². The van der Waals surface area contributed by atoms with E-state index in [0.29, 0.717) is 6.04 Å². The number of anilines is 1. The van der Waals surface area contributed by atoms with Crippen LogP contribution in [0.1, 0.15) is 40.0 Å². The highest BCUT2D eigenvalue weighted by molar-refractivity contribution is 8.01. The van der Waals surface area contributed by atoms with Crippen LogP contribution >= 0.6 is 23.1 Å². The number of nitrogens with zero attached hydrogens (tertiary/aromatic N) is 3. The average molecular weight is 333 g/mol. The third kappa shape index (κ3) is 6.10. The highest BCUT2D eigenvalue weighted by Crippen LogP contribution is 2.28. The average Bonchev–Trinajstić information content (AvgIpc) is 2.91. The summed E-state index contributed by atoms with van der Waals surface area (Å²) in [6.45, 7) is 6.57. The number of hydrogen-bond acceptors (Lipinski definition) is 7. The van der Waals surface area contributed by atoms with Crippen LogP contribution in [0, 0.1) is 0 Å². The molecule has 1 atom stereocenters. The Morgan fingerprint density at radius 2 is 2.10 bits per heavy atom. The summed E-state index contributed by atoms with van der Waals surface area (Å²) in [7, 11) is 3.95. The van der Waals surface area contributed by atoms with Gasteiger partial charge in [0.25, 0.3) is 0 Å². The standard InChI is InChI=1S/C14H28N4OS2/c1-6-14(10-19,15-11(2)3)8-7-9-20-13-17-16-12(21-13)18(4)5/h11,15,19H,6-10H2,1-5H3. The van der Waals surface area contributed by atoms with Crippen molar-refractivity contribution in [3.05, 3.63) is 0 Å². The van der Waals surface area contributed by atoms with E-state index in [9.17, 15) is 5.11 Å². The van der Waals surface area contributed by atoms with Gasteiger partial charge in [0.05, 0.1) is 6.61 Å². The summed E-state index contributed by atoms with van der Waals surface area (Å²) in [6.07, 6.45) is 2.97. The molecule has 0 aliphatic carbocycles. The molecule has 2 N–H and O–H groups in total. The largest absolute Gasteiger partial charge is 0.394 e. The van der Waals surface area contributed by atoms with Crippen molar-refractivity contribution >= 4 is 28.2 Å². The Labute approximate surface area is 136 Å². The van der Waals surface area contributed by atoms with E-state index in [4.69, 9.17) is 0 Å². The van der Waals surface area contributed by atoms with Gasteiger partial charge in [0, 0.05) is 31.4 Å². The van der Waals surface area contributed by atoms with Gasteiger partial charge in [-0.05, 0) is 19.3 Å². The van der Waals surface area contributed by atoms with Gasteiger partial charge in [0.1, 0.15) is 0 Å². The predicted molar refractivity (Wildman–Crippen MR) is 92.6 cm³/mol. The summed E-state index contributed by atoms with van der Waals surface area (Å²) < 4.78 is 1.02. The molecule has 1 aromatic rings. The van der Waals surface area contributed by atoms with E-state index < -0.39 is 0 Å². The smallest absolute Gasteiger partial charge is 0.208 e. The third-order valence-electron chi connectivity index (χ3n) is 3.38. The van der Waals surface area contributed by atoms with Crippen molar-refractivity contribution in [2.24, 2.45) is 0 Å². The minimum Gasteiger partial charge on any atom is -0.394 e. The fourth-order valence-electron chi connectivity index (χ4n) is 2.21. The zero-order chi connectivity index (χ0) is 15.9. The molecule has 0 aliphatic rings. The van der Waals surface area contributed by atoms with E-state index in [1.54, 1.807) is 23.1 Å². The lowest BCUT2D eigenvalue weighted by Crippen LogP contribution is -2.51. The van der Waals surface area contributed by atoms with Gasteiger partial charge in [0.2, 0.25) is 5.13 Å². The van der Waals surface area contributed by atoms with Gasteiger partial charge in [-0.1, -0.05) is 43.9 Å². The van der Waals surface area contributed by atoms with Gasteiger partial charge in [-0.2, -0.15) is 0 Å². The molecule has 5 nitrogen and oxygen atoms in total. The van der Waals surface area contributed by atoms with Crippen molar-refractivity contribution in [1.29, 1.82) is 0 Å². The molecule has 1 rings (SSSR count). The Morgan fingerprint density at radius 1 is 1.38 bits per heavy atom. The molecule has 0 aliphatic heterocycles. The van der Waals surface area contributed by atoms with Crippen LogP contribution in [0.5, 0.6) is 0 Å². The number of thioether (sulfide) groups is 1. The first-order chi connectivity index (χ1) is 9.92. The minimum absolute atomic E-state index is 0.148. The summed E-state index contributed by atoms with van der Waals surface area (Å²) in [5.74, 6) is 1.00. The number of aliphatic hydroxyl groups is 1. The van der Waals surface area contributed by atoms with Crippen LogP contribution in [0.25, 0.3) is 0 Å². The lowest BCUT2D eigenvalue weighted by Gasteiger charge is -2.34. The lowest BCUT2D eigenvalue weighted by molar-refractivity contribution is 0.137. The van der Waals surface area contributed by atoms with Crippen molar-refractivity contribution in [2.45, 2.75) is 56.0 Å². The maximum Gasteiger partial charge on any atom is 0.208 e. The summed E-state index contributed by atoms with van der Waals surface area (Å²) >= 11 is 3.37. The van der Waals surface area contributed by atoms with Crippen LogP contribution in [-0.4, -0.2) is 53.3 Å². The second-order valence-electron chi connectivity index (χ2n) is 5.79. The van der Waals surface area contributed by atoms with Gasteiger partial charge in [-0.15, -0.1) is 10.2 Å². The number of hydrogen-bond donors (Lipinski definition) is 2. The predicted octanol–water partition coefficient (Wildman–Crippen LogP) is 2.62. The molecular weight excluding hydrogens is 304 g/mol. The van der Waals surface area contributed by atoms with Crippen molar-refractivity contribution in [2.75, 3.05) is 31.4 Å². The monoisotopic (exact) mass is 332 g/mol. The van der Waals surface area contributed by atoms with Gasteiger partial charge < -0.3 is 15.3 Å². The first kappa shape index (κ1) is 18.7. The summed E-state index contributed by atoms with van der Waals surface area (Å²) in [5, 5.41) is 22.5. The Bertz CT molecular complexity index is 405. The summed E-state index contributed by atoms with van der Waals surface area (Å²) in [6, 6.07) is 0.385. The van der Waals surface area contributed by atoms with Crippen LogP contribution in [0.4, 0.5) is 5.13 Å². The van der Waals surface area contributed by atoms with Gasteiger partial charge in [0.15, 0.2) is 4.34 Å². The number of aliphatic hydroxyl groups excluding tert-OH is 1. The van der Waals surface area contributed by atoms with E-state index >= 15 is 0 Å². The lowest BCUT2D eigenvalue weighted by atomic mass is 9.91. The molecule has 0 bridgehead atoms. The Hall–Kier alpha value is -0.370. The topological polar surface area (TPSA) is 61.3 Å². The highest BCUT2D eigenvalue weighted by Gasteiger charge is 2.27. The fourth-order valence-corrected chi connectivity index (χ4v) is 3.98. The molecule has 0 fully saturated rings. The van der Waals surface area contributed by atoms with Crippen LogP contribution < -0.4 is 10.2 Å². The van der Waals surface area contributed by atoms with Gasteiger partial charge >= 0.3 is 0 Å². The van der Waals surface area contributed by atoms with Gasteiger partial charge in [-0.25, -0.2) is 0 Å². The SMILES string of the molecule is CCC(CO)(CCCSc1nnc(N(C)C)s1)NC(C)C. The molecule has 122 valence electrons. The zero-order valence-corrected chi connectivity index (χ0v) is 15.4. The Morgan fingerprint density at radius 3 is 2.57 bits per heavy atom. The second kappa shape index (κ2) is 8.92. The van der Waals surface area contributed by atoms with E-state index in [1.807, 2.05) is 19.0 Å². The second-order valence-corrected chi connectivity index (χ2v) is 8.09. The molecule has 21 heavy (non-hydrogen) atoms. The molecule has 1 aromatic heterocycles. The summed E-state index contributed by atoms with van der Waals surface area (Å²) in [4.78, 5) is 1.97. The van der Waals surface area contributed by atoms with Crippen molar-refractivity contribution in [3.8, 4) is 0 Å². The maximum atomic E-state index is 9.71. The highest BCUT2D eigenvalue weighted by atomic mass is 32.2. The molecule has 0 saturated carbocycles. The molecule has 0 aromatic carbocycles. The Balaban J connectivity index is 2.40. The van der Waals surface area contributed by atoms with E-state index in [0.717, 1.165) is 34.5 Å². The first-order valence-electron chi connectivity index (χ1n) is 7.44. The molecule has 0 amide bonds. The van der Waals surface area contributed by atoms with Crippen LogP contribution in [-0.2, 0) is 0 Å². The Kier molecular flexibility index (Phi) is 7.94. The van der Waals surface area contributed by atoms with E-state index in [1.165, 1.54) is 0 Å². The molecule has 7 heteroatoms. The quantitative estimate of drug-likeness (QED) is 0.507. The molecule has 1 heterocycles. The van der Waals surface area contributed by atoms with E-state index in [-0.39, 0.29) is 12.1 Å². The molecule has 0 saturated heterocycles. The number of nitrogens with one attached hydrogen (secondary N) is 1. The fraction of sp³-hybridized carbons (Fsp3) is 0.857. The third-order valence-corrected chi connectivity index (χ3v) is 5.69. The summed E-state index contributed by atoms with van der Waals surface area (Å²) in [5.41, 5.74) is -0.148. The number of aromatic nitrogens is 2. The maximum absolute atomic E-state index is 9.71. The molecule has 1 unspecified atom stereocenters. The molecule has 0 spiro atoms. The zero-order valence-electron chi connectivity index (χ0n) is 13.7. The molecule has 0 radical (unpaired) electrons. The molecular formula is C14H28N4OS2. The normalized spacial score (nSPS) is 14.4. The first-order valence-corrected chi connectivity index (χ1v) is 9.25. The minimum atomic E-state index is -0.148. The van der Waals surface area contributed by atoms with Crippen molar-refractivity contribution in [3.63, 3.8) is 0 Å². The van der Waals surface area contributed by atoms with Crippen molar-refractivity contribution in [1.82, 2.24) is 15.5 Å². The number of rotatable bonds is 10.